The van der Waals surface area contributed by atoms with E-state index in [-0.39, 0.29) is 0 Å². The number of anilines is 1. The zero-order valence-electron chi connectivity index (χ0n) is 16.1. The summed E-state index contributed by atoms with van der Waals surface area (Å²) in [5.41, 5.74) is 2.59. The highest BCUT2D eigenvalue weighted by molar-refractivity contribution is 7.71. The van der Waals surface area contributed by atoms with Gasteiger partial charge in [-0.15, -0.1) is 0 Å². The summed E-state index contributed by atoms with van der Waals surface area (Å²) in [5.74, 6) is 1.15. The monoisotopic (exact) mass is 387 g/mol. The third kappa shape index (κ3) is 4.42. The molecule has 0 amide bonds. The Hall–Kier alpha value is -1.70. The number of rotatable bonds is 5. The maximum Gasteiger partial charge on any atom is 0.199 e. The summed E-state index contributed by atoms with van der Waals surface area (Å²) < 4.78 is 10.5. The van der Waals surface area contributed by atoms with E-state index in [2.05, 4.69) is 45.7 Å². The summed E-state index contributed by atoms with van der Waals surface area (Å²) in [4.78, 5) is 4.65. The van der Waals surface area contributed by atoms with E-state index in [0.717, 1.165) is 63.1 Å². The van der Waals surface area contributed by atoms with Gasteiger partial charge in [0, 0.05) is 38.3 Å². The van der Waals surface area contributed by atoms with Gasteiger partial charge in [0.1, 0.15) is 5.82 Å². The second-order valence-electron chi connectivity index (χ2n) is 7.58. The zero-order valence-corrected chi connectivity index (χ0v) is 17.0. The van der Waals surface area contributed by atoms with Crippen molar-refractivity contribution >= 4 is 17.9 Å². The fourth-order valence-corrected chi connectivity index (χ4v) is 4.24. The van der Waals surface area contributed by atoms with Crippen molar-refractivity contribution in [1.29, 1.82) is 0 Å². The number of hydrogen-bond donors (Lipinski definition) is 0. The number of morpholine rings is 1. The molecule has 0 spiro atoms. The van der Waals surface area contributed by atoms with E-state index in [0.29, 0.717) is 0 Å². The minimum absolute atomic E-state index is 0.726. The van der Waals surface area contributed by atoms with Gasteiger partial charge < -0.3 is 14.2 Å². The molecule has 3 heterocycles. The third-order valence-electron chi connectivity index (χ3n) is 5.42. The number of fused-ring (bicyclic) bond motifs is 1. The summed E-state index contributed by atoms with van der Waals surface area (Å²) in [6.07, 6.45) is 4.75. The van der Waals surface area contributed by atoms with Crippen LogP contribution in [-0.4, -0.2) is 52.6 Å². The molecule has 146 valence electrons. The molecule has 1 aromatic heterocycles. The first-order valence-electron chi connectivity index (χ1n) is 9.97. The van der Waals surface area contributed by atoms with E-state index in [1.54, 1.807) is 0 Å². The molecule has 0 bridgehead atoms. The largest absolute Gasteiger partial charge is 0.378 e. The Morgan fingerprint density at radius 2 is 1.85 bits per heavy atom. The molecule has 27 heavy (non-hydrogen) atoms. The Morgan fingerprint density at radius 3 is 2.63 bits per heavy atom. The van der Waals surface area contributed by atoms with Gasteiger partial charge in [0.05, 0.1) is 19.9 Å². The van der Waals surface area contributed by atoms with Gasteiger partial charge in [0.2, 0.25) is 0 Å². The minimum atomic E-state index is 0.726. The highest BCUT2D eigenvalue weighted by Gasteiger charge is 2.15. The van der Waals surface area contributed by atoms with Gasteiger partial charge in [-0.25, -0.2) is 4.68 Å². The van der Waals surface area contributed by atoms with E-state index in [9.17, 15) is 0 Å². The van der Waals surface area contributed by atoms with Gasteiger partial charge in [-0.3, -0.25) is 4.90 Å². The van der Waals surface area contributed by atoms with Crippen LogP contribution in [0.5, 0.6) is 0 Å². The Bertz CT molecular complexity index is 807. The van der Waals surface area contributed by atoms with E-state index in [4.69, 9.17) is 22.1 Å². The lowest BCUT2D eigenvalue weighted by atomic mass is 10.2. The normalized spacial score (nSPS) is 17.8. The molecular formula is C20H29N5OS. The van der Waals surface area contributed by atoms with Crippen LogP contribution < -0.4 is 4.90 Å². The quantitative estimate of drug-likeness (QED) is 0.737. The molecule has 1 aromatic carbocycles. The summed E-state index contributed by atoms with van der Waals surface area (Å²) in [6.45, 7) is 6.21. The summed E-state index contributed by atoms with van der Waals surface area (Å²) in [6, 6.07) is 8.89. The van der Waals surface area contributed by atoms with E-state index in [1.165, 1.54) is 30.5 Å². The maximum atomic E-state index is 5.67. The van der Waals surface area contributed by atoms with Crippen molar-refractivity contribution < 1.29 is 4.74 Å². The highest BCUT2D eigenvalue weighted by Crippen LogP contribution is 2.18. The molecule has 2 aliphatic heterocycles. The second kappa shape index (κ2) is 8.54. The predicted molar refractivity (Wildman–Crippen MR) is 110 cm³/mol. The van der Waals surface area contributed by atoms with Crippen molar-refractivity contribution in [1.82, 2.24) is 19.2 Å². The predicted octanol–water partition coefficient (Wildman–Crippen LogP) is 3.07. The van der Waals surface area contributed by atoms with Crippen molar-refractivity contribution in [2.75, 3.05) is 38.3 Å². The first-order chi connectivity index (χ1) is 13.2. The van der Waals surface area contributed by atoms with Crippen molar-refractivity contribution in [2.24, 2.45) is 0 Å². The van der Waals surface area contributed by atoms with Crippen LogP contribution in [0.3, 0.4) is 0 Å². The van der Waals surface area contributed by atoms with E-state index in [1.807, 2.05) is 4.68 Å². The Labute approximate surface area is 166 Å². The highest BCUT2D eigenvalue weighted by atomic mass is 32.1. The van der Waals surface area contributed by atoms with Gasteiger partial charge in [-0.2, -0.15) is 5.10 Å². The molecule has 0 N–H and O–H groups in total. The first-order valence-corrected chi connectivity index (χ1v) is 10.4. The number of benzene rings is 1. The van der Waals surface area contributed by atoms with Crippen LogP contribution in [0, 0.1) is 4.77 Å². The molecule has 2 aliphatic rings. The van der Waals surface area contributed by atoms with Gasteiger partial charge in [0.25, 0.3) is 0 Å². The van der Waals surface area contributed by atoms with Crippen LogP contribution in [0.2, 0.25) is 0 Å². The molecule has 2 aromatic rings. The zero-order chi connectivity index (χ0) is 18.6. The lowest BCUT2D eigenvalue weighted by molar-refractivity contribution is 0.122. The van der Waals surface area contributed by atoms with Crippen LogP contribution in [-0.2, 0) is 30.9 Å². The van der Waals surface area contributed by atoms with E-state index >= 15 is 0 Å². The molecule has 0 saturated carbocycles. The summed E-state index contributed by atoms with van der Waals surface area (Å²) in [5, 5.41) is 4.78. The molecule has 4 rings (SSSR count). The second-order valence-corrected chi connectivity index (χ2v) is 7.95. The smallest absolute Gasteiger partial charge is 0.199 e. The lowest BCUT2D eigenvalue weighted by Crippen LogP contribution is -2.36. The molecule has 1 fully saturated rings. The Kier molecular flexibility index (Phi) is 5.90. The summed E-state index contributed by atoms with van der Waals surface area (Å²) in [7, 11) is 2.13. The van der Waals surface area contributed by atoms with Crippen LogP contribution in [0.15, 0.2) is 24.3 Å². The first kappa shape index (κ1) is 18.7. The molecule has 7 heteroatoms. The van der Waals surface area contributed by atoms with Crippen molar-refractivity contribution in [3.8, 4) is 0 Å². The molecule has 0 radical (unpaired) electrons. The average molecular weight is 388 g/mol. The van der Waals surface area contributed by atoms with Crippen LogP contribution in [0.4, 0.5) is 5.69 Å². The van der Waals surface area contributed by atoms with Gasteiger partial charge in [-0.1, -0.05) is 18.6 Å². The summed E-state index contributed by atoms with van der Waals surface area (Å²) >= 11 is 5.67. The van der Waals surface area contributed by atoms with Crippen molar-refractivity contribution in [3.63, 3.8) is 0 Å². The topological polar surface area (TPSA) is 38.5 Å². The molecule has 0 aliphatic carbocycles. The maximum absolute atomic E-state index is 5.67. The minimum Gasteiger partial charge on any atom is -0.378 e. The van der Waals surface area contributed by atoms with Crippen LogP contribution in [0.25, 0.3) is 0 Å². The fraction of sp³-hybridized carbons (Fsp3) is 0.600. The van der Waals surface area contributed by atoms with E-state index < -0.39 is 0 Å². The van der Waals surface area contributed by atoms with Crippen LogP contribution >= 0.6 is 12.2 Å². The van der Waals surface area contributed by atoms with Gasteiger partial charge in [0.15, 0.2) is 4.77 Å². The number of aryl methyl sites for hydroxylation is 1. The number of ether oxygens (including phenoxy) is 1. The lowest BCUT2D eigenvalue weighted by Gasteiger charge is -2.29. The van der Waals surface area contributed by atoms with Crippen molar-refractivity contribution in [2.45, 2.75) is 45.4 Å². The van der Waals surface area contributed by atoms with Gasteiger partial charge >= 0.3 is 0 Å². The van der Waals surface area contributed by atoms with Crippen LogP contribution in [0.1, 0.15) is 30.7 Å². The van der Waals surface area contributed by atoms with Gasteiger partial charge in [-0.05, 0) is 49.8 Å². The molecule has 0 unspecified atom stereocenters. The molecule has 0 atom stereocenters. The standard InChI is InChI=1S/C20H29N5OS/c1-22(16-25-20(27)24-10-4-2-3-5-19(24)21-25)15-17-6-8-18(9-7-17)23-11-13-26-14-12-23/h6-9H,2-5,10-16H2,1H3. The molecular weight excluding hydrogens is 358 g/mol. The Morgan fingerprint density at radius 1 is 1.07 bits per heavy atom. The molecule has 1 saturated heterocycles. The average Bonchev–Trinajstić information content (AvgIpc) is 2.86. The number of nitrogens with zero attached hydrogens (tertiary/aromatic N) is 5. The Balaban J connectivity index is 1.38. The third-order valence-corrected chi connectivity index (χ3v) is 5.85. The fourth-order valence-electron chi connectivity index (χ4n) is 3.94. The molecule has 6 nitrogen and oxygen atoms in total. The number of hydrogen-bond acceptors (Lipinski definition) is 5. The van der Waals surface area contributed by atoms with Crippen molar-refractivity contribution in [3.05, 3.63) is 40.4 Å². The number of aromatic nitrogens is 3. The SMILES string of the molecule is CN(Cc1ccc(N2CCOCC2)cc1)Cn1nc2n(c1=S)CCCCC2.